The molecule has 1 saturated carbocycles. The number of aromatic nitrogens is 3. The van der Waals surface area contributed by atoms with Crippen molar-refractivity contribution < 1.29 is 9.90 Å². The summed E-state index contributed by atoms with van der Waals surface area (Å²) in [4.78, 5) is 17.8. The van der Waals surface area contributed by atoms with E-state index in [2.05, 4.69) is 31.2 Å². The molecule has 1 fully saturated rings. The molecular formula is C19H28N4O2. The maximum Gasteiger partial charge on any atom is 0.252 e. The first-order valence-corrected chi connectivity index (χ1v) is 9.05. The zero-order chi connectivity index (χ0) is 18.4. The van der Waals surface area contributed by atoms with Crippen LogP contribution in [-0.2, 0) is 5.54 Å². The van der Waals surface area contributed by atoms with Gasteiger partial charge in [0.2, 0.25) is 0 Å². The first-order valence-electron chi connectivity index (χ1n) is 9.05. The second-order valence-corrected chi connectivity index (χ2v) is 8.12. The normalized spacial score (nSPS) is 16.2. The molecule has 0 aliphatic heterocycles. The van der Waals surface area contributed by atoms with Crippen LogP contribution in [0.1, 0.15) is 74.6 Å². The number of fused-ring (bicyclic) bond motifs is 1. The molecule has 2 aromatic heterocycles. The first-order chi connectivity index (χ1) is 11.7. The van der Waals surface area contributed by atoms with Crippen LogP contribution in [0.25, 0.3) is 11.0 Å². The Morgan fingerprint density at radius 3 is 2.68 bits per heavy atom. The molecule has 136 valence electrons. The summed E-state index contributed by atoms with van der Waals surface area (Å²) in [6, 6.07) is 1.85. The molecular weight excluding hydrogens is 316 g/mol. The number of rotatable bonds is 5. The molecule has 6 heteroatoms. The summed E-state index contributed by atoms with van der Waals surface area (Å²) in [5.74, 6) is 0.334. The van der Waals surface area contributed by atoms with Gasteiger partial charge in [-0.05, 0) is 59.9 Å². The van der Waals surface area contributed by atoms with Gasteiger partial charge in [-0.3, -0.25) is 4.79 Å². The van der Waals surface area contributed by atoms with Crippen molar-refractivity contribution in [3.05, 3.63) is 23.0 Å². The Bertz CT molecular complexity index is 800. The highest BCUT2D eigenvalue weighted by molar-refractivity contribution is 6.06. The van der Waals surface area contributed by atoms with E-state index in [1.807, 2.05) is 24.6 Å². The number of nitrogens with one attached hydrogen (secondary N) is 1. The van der Waals surface area contributed by atoms with Crippen LogP contribution in [0.2, 0.25) is 0 Å². The van der Waals surface area contributed by atoms with Gasteiger partial charge in [-0.1, -0.05) is 0 Å². The zero-order valence-corrected chi connectivity index (χ0v) is 15.8. The van der Waals surface area contributed by atoms with Gasteiger partial charge in [0, 0.05) is 24.3 Å². The summed E-state index contributed by atoms with van der Waals surface area (Å²) in [6.45, 7) is 10.2. The van der Waals surface area contributed by atoms with Gasteiger partial charge in [-0.2, -0.15) is 5.10 Å². The lowest BCUT2D eigenvalue weighted by atomic mass is 10.1. The summed E-state index contributed by atoms with van der Waals surface area (Å²) < 4.78 is 1.93. The molecule has 0 aromatic carbocycles. The molecule has 1 aliphatic rings. The van der Waals surface area contributed by atoms with E-state index in [0.717, 1.165) is 35.3 Å². The fourth-order valence-corrected chi connectivity index (χ4v) is 3.11. The summed E-state index contributed by atoms with van der Waals surface area (Å²) in [5, 5.41) is 17.6. The Morgan fingerprint density at radius 1 is 1.44 bits per heavy atom. The van der Waals surface area contributed by atoms with E-state index in [1.54, 1.807) is 0 Å². The molecule has 6 nitrogen and oxygen atoms in total. The molecule has 0 saturated heterocycles. The predicted molar refractivity (Wildman–Crippen MR) is 97.9 cm³/mol. The number of amides is 1. The molecule has 0 spiro atoms. The third-order valence-electron chi connectivity index (χ3n) is 4.65. The van der Waals surface area contributed by atoms with Crippen molar-refractivity contribution >= 4 is 16.9 Å². The van der Waals surface area contributed by atoms with Gasteiger partial charge in [-0.15, -0.1) is 0 Å². The van der Waals surface area contributed by atoms with E-state index in [1.165, 1.54) is 0 Å². The van der Waals surface area contributed by atoms with Crippen molar-refractivity contribution in [1.82, 2.24) is 20.1 Å². The molecule has 2 heterocycles. The van der Waals surface area contributed by atoms with Gasteiger partial charge in [0.05, 0.1) is 22.2 Å². The van der Waals surface area contributed by atoms with Crippen LogP contribution in [0.4, 0.5) is 0 Å². The van der Waals surface area contributed by atoms with Crippen molar-refractivity contribution in [2.75, 3.05) is 6.61 Å². The summed E-state index contributed by atoms with van der Waals surface area (Å²) >= 11 is 0. The molecule has 0 radical (unpaired) electrons. The molecule has 2 N–H and O–H groups in total. The predicted octanol–water partition coefficient (Wildman–Crippen LogP) is 2.87. The number of hydrogen-bond acceptors (Lipinski definition) is 4. The number of hydrogen-bond donors (Lipinski definition) is 2. The molecule has 3 rings (SSSR count). The molecule has 1 atom stereocenters. The minimum atomic E-state index is -0.209. The number of aliphatic hydroxyl groups is 1. The van der Waals surface area contributed by atoms with Crippen LogP contribution in [0.15, 0.2) is 6.07 Å². The van der Waals surface area contributed by atoms with Crippen LogP contribution in [0, 0.1) is 6.92 Å². The van der Waals surface area contributed by atoms with Crippen LogP contribution < -0.4 is 5.32 Å². The first kappa shape index (κ1) is 17.9. The fourth-order valence-electron chi connectivity index (χ4n) is 3.11. The van der Waals surface area contributed by atoms with Crippen LogP contribution in [-0.4, -0.2) is 38.4 Å². The van der Waals surface area contributed by atoms with Gasteiger partial charge in [0.1, 0.15) is 0 Å². The Labute approximate surface area is 148 Å². The standard InChI is InChI=1S/C19H28N4O2/c1-11(8-9-24)20-18(25)14-10-15(13-6-7-13)21-17-16(14)12(2)22-23(17)19(3,4)5/h10-11,13,24H,6-9H2,1-5H3,(H,20,25). The van der Waals surface area contributed by atoms with Gasteiger partial charge < -0.3 is 10.4 Å². The van der Waals surface area contributed by atoms with E-state index in [4.69, 9.17) is 10.1 Å². The third kappa shape index (κ3) is 3.54. The van der Waals surface area contributed by atoms with Crippen LogP contribution in [0.5, 0.6) is 0 Å². The largest absolute Gasteiger partial charge is 0.396 e. The highest BCUT2D eigenvalue weighted by Gasteiger charge is 2.30. The van der Waals surface area contributed by atoms with Gasteiger partial charge in [0.15, 0.2) is 5.65 Å². The van der Waals surface area contributed by atoms with E-state index < -0.39 is 0 Å². The second kappa shape index (κ2) is 6.41. The smallest absolute Gasteiger partial charge is 0.252 e. The van der Waals surface area contributed by atoms with Gasteiger partial charge in [-0.25, -0.2) is 9.67 Å². The molecule has 1 aliphatic carbocycles. The van der Waals surface area contributed by atoms with E-state index in [9.17, 15) is 4.79 Å². The van der Waals surface area contributed by atoms with Crippen molar-refractivity contribution in [3.8, 4) is 0 Å². The van der Waals surface area contributed by atoms with E-state index in [-0.39, 0.29) is 24.1 Å². The van der Waals surface area contributed by atoms with Crippen molar-refractivity contribution in [2.45, 2.75) is 71.4 Å². The highest BCUT2D eigenvalue weighted by Crippen LogP contribution is 2.41. The summed E-state index contributed by atoms with van der Waals surface area (Å²) in [5.41, 5.74) is 3.02. The lowest BCUT2D eigenvalue weighted by Gasteiger charge is -2.20. The molecule has 0 bridgehead atoms. The van der Waals surface area contributed by atoms with E-state index in [0.29, 0.717) is 17.9 Å². The van der Waals surface area contributed by atoms with Crippen molar-refractivity contribution in [1.29, 1.82) is 0 Å². The SMILES string of the molecule is Cc1nn(C(C)(C)C)c2nc(C3CC3)cc(C(=O)NC(C)CCO)c12. The number of carbonyl (C=O) groups is 1. The maximum atomic E-state index is 12.9. The Kier molecular flexibility index (Phi) is 4.58. The molecule has 1 amide bonds. The highest BCUT2D eigenvalue weighted by atomic mass is 16.3. The Morgan fingerprint density at radius 2 is 2.12 bits per heavy atom. The molecule has 25 heavy (non-hydrogen) atoms. The number of nitrogens with zero attached hydrogens (tertiary/aromatic N) is 3. The average Bonchev–Trinajstić information content (AvgIpc) is 3.30. The third-order valence-corrected chi connectivity index (χ3v) is 4.65. The van der Waals surface area contributed by atoms with Crippen LogP contribution >= 0.6 is 0 Å². The maximum absolute atomic E-state index is 12.9. The molecule has 2 aromatic rings. The van der Waals surface area contributed by atoms with E-state index >= 15 is 0 Å². The Balaban J connectivity index is 2.13. The van der Waals surface area contributed by atoms with Gasteiger partial charge >= 0.3 is 0 Å². The fraction of sp³-hybridized carbons (Fsp3) is 0.632. The number of pyridine rings is 1. The minimum Gasteiger partial charge on any atom is -0.396 e. The van der Waals surface area contributed by atoms with Crippen molar-refractivity contribution in [2.24, 2.45) is 0 Å². The zero-order valence-electron chi connectivity index (χ0n) is 15.8. The number of aliphatic hydroxyl groups excluding tert-OH is 1. The molecule has 1 unspecified atom stereocenters. The van der Waals surface area contributed by atoms with Gasteiger partial charge in [0.25, 0.3) is 5.91 Å². The van der Waals surface area contributed by atoms with Crippen LogP contribution in [0.3, 0.4) is 0 Å². The monoisotopic (exact) mass is 344 g/mol. The second-order valence-electron chi connectivity index (χ2n) is 8.12. The summed E-state index contributed by atoms with van der Waals surface area (Å²) in [6.07, 6.45) is 2.79. The lowest BCUT2D eigenvalue weighted by molar-refractivity contribution is 0.0936. The quantitative estimate of drug-likeness (QED) is 0.874. The van der Waals surface area contributed by atoms with Crippen molar-refractivity contribution in [3.63, 3.8) is 0 Å². The Hall–Kier alpha value is -1.95. The number of carbonyl (C=O) groups excluding carboxylic acids is 1. The average molecular weight is 344 g/mol. The summed E-state index contributed by atoms with van der Waals surface area (Å²) in [7, 11) is 0. The minimum absolute atomic E-state index is 0.0571. The lowest BCUT2D eigenvalue weighted by Crippen LogP contribution is -2.33. The topological polar surface area (TPSA) is 80.0 Å². The number of aryl methyl sites for hydroxylation is 1.